The molecule has 1 heterocycles. The molecule has 0 spiro atoms. The lowest BCUT2D eigenvalue weighted by molar-refractivity contribution is -0.138. The molecular formula is C13H16ClF3N2. The highest BCUT2D eigenvalue weighted by atomic mass is 35.5. The number of nitrogens with zero attached hydrogens (tertiary/aromatic N) is 1. The van der Waals surface area contributed by atoms with E-state index in [2.05, 4.69) is 10.2 Å². The molecule has 1 aliphatic heterocycles. The van der Waals surface area contributed by atoms with Crippen LogP contribution in [0.2, 0.25) is 5.02 Å². The van der Waals surface area contributed by atoms with Gasteiger partial charge < -0.3 is 5.32 Å². The first-order valence-electron chi connectivity index (χ1n) is 6.21. The standard InChI is InChI=1S/C13H16ClF3N2/c1-9(19-6-4-18-5-7-19)11-3-2-10(14)8-12(11)13(15,16)17/h2-3,8-9,18H,4-7H2,1H3. The van der Waals surface area contributed by atoms with Gasteiger partial charge in [0.1, 0.15) is 0 Å². The number of nitrogens with one attached hydrogen (secondary N) is 1. The number of hydrogen-bond acceptors (Lipinski definition) is 2. The Labute approximate surface area is 115 Å². The van der Waals surface area contributed by atoms with Gasteiger partial charge in [-0.1, -0.05) is 17.7 Å². The van der Waals surface area contributed by atoms with Crippen LogP contribution in [0.15, 0.2) is 18.2 Å². The highest BCUT2D eigenvalue weighted by molar-refractivity contribution is 6.30. The minimum Gasteiger partial charge on any atom is -0.314 e. The maximum absolute atomic E-state index is 13.1. The van der Waals surface area contributed by atoms with Gasteiger partial charge in [-0.05, 0) is 24.6 Å². The van der Waals surface area contributed by atoms with Crippen molar-refractivity contribution in [3.63, 3.8) is 0 Å². The molecule has 19 heavy (non-hydrogen) atoms. The van der Waals surface area contributed by atoms with E-state index < -0.39 is 11.7 Å². The first kappa shape index (κ1) is 14.6. The zero-order chi connectivity index (χ0) is 14.0. The van der Waals surface area contributed by atoms with Crippen LogP contribution >= 0.6 is 11.6 Å². The molecule has 0 aliphatic carbocycles. The molecule has 1 saturated heterocycles. The van der Waals surface area contributed by atoms with Gasteiger partial charge in [-0.3, -0.25) is 4.90 Å². The Morgan fingerprint density at radius 3 is 2.47 bits per heavy atom. The molecule has 0 aromatic heterocycles. The van der Waals surface area contributed by atoms with Crippen molar-refractivity contribution >= 4 is 11.6 Å². The van der Waals surface area contributed by atoms with Crippen molar-refractivity contribution in [3.8, 4) is 0 Å². The summed E-state index contributed by atoms with van der Waals surface area (Å²) in [6, 6.07) is 3.74. The van der Waals surface area contributed by atoms with Gasteiger partial charge in [0.15, 0.2) is 0 Å². The third-order valence-electron chi connectivity index (χ3n) is 3.47. The van der Waals surface area contributed by atoms with E-state index >= 15 is 0 Å². The summed E-state index contributed by atoms with van der Waals surface area (Å²) < 4.78 is 39.2. The summed E-state index contributed by atoms with van der Waals surface area (Å²) >= 11 is 5.69. The van der Waals surface area contributed by atoms with E-state index in [1.165, 1.54) is 12.1 Å². The second-order valence-electron chi connectivity index (χ2n) is 4.69. The van der Waals surface area contributed by atoms with Crippen LogP contribution in [0.3, 0.4) is 0 Å². The average Bonchev–Trinajstić information content (AvgIpc) is 2.38. The van der Waals surface area contributed by atoms with Gasteiger partial charge in [-0.15, -0.1) is 0 Å². The summed E-state index contributed by atoms with van der Waals surface area (Å²) in [4.78, 5) is 2.05. The Bertz CT molecular complexity index is 442. The van der Waals surface area contributed by atoms with E-state index in [4.69, 9.17) is 11.6 Å². The largest absolute Gasteiger partial charge is 0.416 e. The molecule has 0 bridgehead atoms. The number of benzene rings is 1. The third-order valence-corrected chi connectivity index (χ3v) is 3.71. The first-order chi connectivity index (χ1) is 8.89. The fraction of sp³-hybridized carbons (Fsp3) is 0.538. The predicted molar refractivity (Wildman–Crippen MR) is 69.3 cm³/mol. The zero-order valence-electron chi connectivity index (χ0n) is 10.6. The van der Waals surface area contributed by atoms with Crippen molar-refractivity contribution in [1.29, 1.82) is 0 Å². The van der Waals surface area contributed by atoms with Gasteiger partial charge in [-0.25, -0.2) is 0 Å². The number of rotatable bonds is 2. The smallest absolute Gasteiger partial charge is 0.314 e. The summed E-state index contributed by atoms with van der Waals surface area (Å²) in [5, 5.41) is 3.30. The Morgan fingerprint density at radius 2 is 1.89 bits per heavy atom. The van der Waals surface area contributed by atoms with Crippen LogP contribution in [0.1, 0.15) is 24.1 Å². The highest BCUT2D eigenvalue weighted by Crippen LogP contribution is 2.37. The molecule has 0 saturated carbocycles. The molecule has 6 heteroatoms. The minimum absolute atomic E-state index is 0.114. The molecule has 0 radical (unpaired) electrons. The molecule has 1 N–H and O–H groups in total. The van der Waals surface area contributed by atoms with Crippen molar-refractivity contribution in [2.24, 2.45) is 0 Å². The van der Waals surface area contributed by atoms with Gasteiger partial charge >= 0.3 is 6.18 Å². The Balaban J connectivity index is 2.32. The summed E-state index contributed by atoms with van der Waals surface area (Å²) in [5.74, 6) is 0. The summed E-state index contributed by atoms with van der Waals surface area (Å²) in [6.45, 7) is 4.92. The molecule has 1 unspecified atom stereocenters. The van der Waals surface area contributed by atoms with Crippen molar-refractivity contribution in [3.05, 3.63) is 34.3 Å². The van der Waals surface area contributed by atoms with Crippen molar-refractivity contribution in [2.75, 3.05) is 26.2 Å². The van der Waals surface area contributed by atoms with Crippen molar-refractivity contribution in [2.45, 2.75) is 19.1 Å². The lowest BCUT2D eigenvalue weighted by atomic mass is 9.99. The van der Waals surface area contributed by atoms with Crippen LogP contribution in [0.25, 0.3) is 0 Å². The van der Waals surface area contributed by atoms with E-state index in [0.717, 1.165) is 32.2 Å². The van der Waals surface area contributed by atoms with Crippen LogP contribution in [-0.4, -0.2) is 31.1 Å². The average molecular weight is 293 g/mol. The molecule has 1 atom stereocenters. The molecule has 2 rings (SSSR count). The molecular weight excluding hydrogens is 277 g/mol. The van der Waals surface area contributed by atoms with Crippen molar-refractivity contribution < 1.29 is 13.2 Å². The van der Waals surface area contributed by atoms with E-state index in [0.29, 0.717) is 5.56 Å². The minimum atomic E-state index is -4.37. The fourth-order valence-electron chi connectivity index (χ4n) is 2.40. The van der Waals surface area contributed by atoms with Gasteiger partial charge in [-0.2, -0.15) is 13.2 Å². The fourth-order valence-corrected chi connectivity index (χ4v) is 2.58. The second kappa shape index (κ2) is 5.69. The Kier molecular flexibility index (Phi) is 4.38. The second-order valence-corrected chi connectivity index (χ2v) is 5.13. The van der Waals surface area contributed by atoms with E-state index in [-0.39, 0.29) is 11.1 Å². The molecule has 1 aromatic carbocycles. The van der Waals surface area contributed by atoms with Crippen LogP contribution in [0.5, 0.6) is 0 Å². The number of piperazine rings is 1. The van der Waals surface area contributed by atoms with Crippen LogP contribution in [0.4, 0.5) is 13.2 Å². The molecule has 1 aromatic rings. The summed E-state index contributed by atoms with van der Waals surface area (Å²) in [5.41, 5.74) is -0.343. The summed E-state index contributed by atoms with van der Waals surface area (Å²) in [6.07, 6.45) is -4.37. The third kappa shape index (κ3) is 3.41. The molecule has 1 aliphatic rings. The van der Waals surface area contributed by atoms with Gasteiger partial charge in [0, 0.05) is 37.2 Å². The summed E-state index contributed by atoms with van der Waals surface area (Å²) in [7, 11) is 0. The van der Waals surface area contributed by atoms with E-state index in [9.17, 15) is 13.2 Å². The normalized spacial score (nSPS) is 19.4. The lowest BCUT2D eigenvalue weighted by Crippen LogP contribution is -2.44. The number of halogens is 4. The molecule has 1 fully saturated rings. The monoisotopic (exact) mass is 292 g/mol. The molecule has 106 valence electrons. The van der Waals surface area contributed by atoms with Crippen LogP contribution in [0, 0.1) is 0 Å². The Morgan fingerprint density at radius 1 is 1.26 bits per heavy atom. The van der Waals surface area contributed by atoms with Gasteiger partial charge in [0.2, 0.25) is 0 Å². The Hall–Kier alpha value is -0.780. The predicted octanol–water partition coefficient (Wildman–Crippen LogP) is 3.33. The van der Waals surface area contributed by atoms with Gasteiger partial charge in [0.25, 0.3) is 0 Å². The maximum atomic E-state index is 13.1. The topological polar surface area (TPSA) is 15.3 Å². The SMILES string of the molecule is CC(c1ccc(Cl)cc1C(F)(F)F)N1CCNCC1. The first-order valence-corrected chi connectivity index (χ1v) is 6.59. The molecule has 0 amide bonds. The van der Waals surface area contributed by atoms with Crippen LogP contribution in [-0.2, 0) is 6.18 Å². The quantitative estimate of drug-likeness (QED) is 0.899. The van der Waals surface area contributed by atoms with Gasteiger partial charge in [0.05, 0.1) is 5.56 Å². The number of hydrogen-bond donors (Lipinski definition) is 1. The zero-order valence-corrected chi connectivity index (χ0v) is 11.4. The van der Waals surface area contributed by atoms with E-state index in [1.54, 1.807) is 0 Å². The van der Waals surface area contributed by atoms with Crippen molar-refractivity contribution in [1.82, 2.24) is 10.2 Å². The maximum Gasteiger partial charge on any atom is 0.416 e. The highest BCUT2D eigenvalue weighted by Gasteiger charge is 2.35. The number of alkyl halides is 3. The van der Waals surface area contributed by atoms with Crippen LogP contribution < -0.4 is 5.32 Å². The molecule has 2 nitrogen and oxygen atoms in total. The van der Waals surface area contributed by atoms with E-state index in [1.807, 2.05) is 6.92 Å². The lowest BCUT2D eigenvalue weighted by Gasteiger charge is -2.34.